The Hall–Kier alpha value is -0.700. The highest BCUT2D eigenvalue weighted by Crippen LogP contribution is 2.08. The van der Waals surface area contributed by atoms with Gasteiger partial charge in [0.05, 0.1) is 6.54 Å². The van der Waals surface area contributed by atoms with Crippen molar-refractivity contribution >= 4 is 16.1 Å². The summed E-state index contributed by atoms with van der Waals surface area (Å²) in [6, 6.07) is 0. The molecule has 0 radical (unpaired) electrons. The number of likely N-dealkylation sites (N-methyl/N-ethyl adjacent to an activating group) is 2. The lowest BCUT2D eigenvalue weighted by atomic mass is 10.4. The Morgan fingerprint density at radius 2 is 1.89 bits per heavy atom. The molecule has 0 aromatic heterocycles. The first kappa shape index (κ1) is 15.4. The second kappa shape index (κ2) is 6.46. The number of carbonyl (C=O) groups is 1. The summed E-state index contributed by atoms with van der Waals surface area (Å²) in [6.07, 6.45) is 0.786. The Kier molecular flexibility index (Phi) is 5.51. The van der Waals surface area contributed by atoms with Gasteiger partial charge >= 0.3 is 0 Å². The van der Waals surface area contributed by atoms with Gasteiger partial charge in [-0.1, -0.05) is 0 Å². The van der Waals surface area contributed by atoms with E-state index in [-0.39, 0.29) is 12.5 Å². The molecule has 1 amide bonds. The molecule has 1 N–H and O–H groups in total. The van der Waals surface area contributed by atoms with Crippen molar-refractivity contribution in [2.24, 2.45) is 0 Å². The van der Waals surface area contributed by atoms with Crippen LogP contribution in [0.5, 0.6) is 0 Å². The second-order valence-corrected chi connectivity index (χ2v) is 6.59. The molecule has 1 rings (SSSR count). The van der Waals surface area contributed by atoms with E-state index in [0.29, 0.717) is 19.6 Å². The third-order valence-corrected chi connectivity index (χ3v) is 4.81. The van der Waals surface area contributed by atoms with Gasteiger partial charge in [-0.2, -0.15) is 17.0 Å². The Morgan fingerprint density at radius 1 is 1.22 bits per heavy atom. The molecule has 0 aromatic carbocycles. The zero-order valence-corrected chi connectivity index (χ0v) is 12.0. The molecule has 7 nitrogen and oxygen atoms in total. The van der Waals surface area contributed by atoms with Crippen molar-refractivity contribution in [3.05, 3.63) is 0 Å². The van der Waals surface area contributed by atoms with Gasteiger partial charge < -0.3 is 10.2 Å². The quantitative estimate of drug-likeness (QED) is 0.682. The molecule has 1 saturated heterocycles. The highest BCUT2D eigenvalue weighted by Gasteiger charge is 2.28. The van der Waals surface area contributed by atoms with Gasteiger partial charge in [-0.05, 0) is 13.0 Å². The molecule has 106 valence electrons. The average Bonchev–Trinajstić information content (AvgIpc) is 2.57. The molecule has 0 aromatic rings. The lowest BCUT2D eigenvalue weighted by Gasteiger charge is -2.26. The molecule has 8 heteroatoms. The number of hydrogen-bond acceptors (Lipinski definition) is 4. The van der Waals surface area contributed by atoms with Gasteiger partial charge in [0, 0.05) is 40.8 Å². The van der Waals surface area contributed by atoms with Gasteiger partial charge in [-0.15, -0.1) is 0 Å². The highest BCUT2D eigenvalue weighted by atomic mass is 32.2. The molecule has 0 spiro atoms. The summed E-state index contributed by atoms with van der Waals surface area (Å²) in [4.78, 5) is 12.9. The molecule has 0 bridgehead atoms. The maximum atomic E-state index is 12.2. The van der Waals surface area contributed by atoms with Crippen LogP contribution in [0.4, 0.5) is 0 Å². The van der Waals surface area contributed by atoms with Crippen molar-refractivity contribution in [1.29, 1.82) is 0 Å². The number of nitrogens with one attached hydrogen (secondary N) is 1. The number of amides is 1. The Balaban J connectivity index is 2.69. The summed E-state index contributed by atoms with van der Waals surface area (Å²) >= 11 is 0. The van der Waals surface area contributed by atoms with Crippen molar-refractivity contribution < 1.29 is 13.2 Å². The van der Waals surface area contributed by atoms with Crippen molar-refractivity contribution in [2.75, 3.05) is 53.9 Å². The molecule has 0 saturated carbocycles. The van der Waals surface area contributed by atoms with E-state index in [0.717, 1.165) is 17.3 Å². The molecule has 18 heavy (non-hydrogen) atoms. The normalized spacial score (nSPS) is 18.7. The van der Waals surface area contributed by atoms with E-state index in [4.69, 9.17) is 0 Å². The van der Waals surface area contributed by atoms with Crippen LogP contribution in [0.25, 0.3) is 0 Å². The maximum Gasteiger partial charge on any atom is 0.282 e. The fourth-order valence-corrected chi connectivity index (χ4v) is 3.01. The minimum Gasteiger partial charge on any atom is -0.348 e. The summed E-state index contributed by atoms with van der Waals surface area (Å²) in [6.45, 7) is 2.29. The molecule has 0 aliphatic carbocycles. The predicted octanol–water partition coefficient (Wildman–Crippen LogP) is -1.45. The molecule has 1 aliphatic heterocycles. The van der Waals surface area contributed by atoms with Crippen LogP contribution in [0.1, 0.15) is 6.42 Å². The van der Waals surface area contributed by atoms with Crippen LogP contribution in [0.3, 0.4) is 0 Å². The van der Waals surface area contributed by atoms with Gasteiger partial charge in [-0.3, -0.25) is 4.79 Å². The summed E-state index contributed by atoms with van der Waals surface area (Å²) in [5.41, 5.74) is 0. The minimum absolute atomic E-state index is 0.126. The summed E-state index contributed by atoms with van der Waals surface area (Å²) in [5, 5.41) is 3.15. The lowest BCUT2D eigenvalue weighted by molar-refractivity contribution is -0.128. The summed E-state index contributed by atoms with van der Waals surface area (Å²) < 4.78 is 27.0. The van der Waals surface area contributed by atoms with E-state index in [9.17, 15) is 13.2 Å². The minimum atomic E-state index is -3.53. The van der Waals surface area contributed by atoms with E-state index < -0.39 is 10.2 Å². The van der Waals surface area contributed by atoms with Crippen LogP contribution in [-0.2, 0) is 15.0 Å². The third kappa shape index (κ3) is 3.91. The zero-order valence-electron chi connectivity index (χ0n) is 11.2. The predicted molar refractivity (Wildman–Crippen MR) is 69.3 cm³/mol. The number of nitrogens with zero attached hydrogens (tertiary/aromatic N) is 3. The van der Waals surface area contributed by atoms with Crippen molar-refractivity contribution in [3.8, 4) is 0 Å². The standard InChI is InChI=1S/C10H22N4O3S/c1-12(2)10(15)9-13(3)18(16,17)14-7-4-5-11-6-8-14/h11H,4-9H2,1-3H3. The van der Waals surface area contributed by atoms with E-state index in [1.807, 2.05) is 0 Å². The fraction of sp³-hybridized carbons (Fsp3) is 0.900. The van der Waals surface area contributed by atoms with Crippen molar-refractivity contribution in [2.45, 2.75) is 6.42 Å². The van der Waals surface area contributed by atoms with Crippen LogP contribution >= 0.6 is 0 Å². The van der Waals surface area contributed by atoms with E-state index >= 15 is 0 Å². The van der Waals surface area contributed by atoms with Gasteiger partial charge in [0.2, 0.25) is 5.91 Å². The Labute approximate surface area is 109 Å². The second-order valence-electron chi connectivity index (χ2n) is 4.55. The molecular weight excluding hydrogens is 256 g/mol. The van der Waals surface area contributed by atoms with Gasteiger partial charge in [0.1, 0.15) is 0 Å². The van der Waals surface area contributed by atoms with E-state index in [1.165, 1.54) is 16.3 Å². The largest absolute Gasteiger partial charge is 0.348 e. The van der Waals surface area contributed by atoms with Gasteiger partial charge in [0.15, 0.2) is 0 Å². The maximum absolute atomic E-state index is 12.2. The number of hydrogen-bond donors (Lipinski definition) is 1. The topological polar surface area (TPSA) is 73.0 Å². The number of carbonyl (C=O) groups excluding carboxylic acids is 1. The van der Waals surface area contributed by atoms with Crippen molar-refractivity contribution in [1.82, 2.24) is 18.8 Å². The van der Waals surface area contributed by atoms with Crippen molar-refractivity contribution in [3.63, 3.8) is 0 Å². The molecular formula is C10H22N4O3S. The van der Waals surface area contributed by atoms with E-state index in [2.05, 4.69) is 5.32 Å². The summed E-state index contributed by atoms with van der Waals surface area (Å²) in [5.74, 6) is -0.228. The molecule has 1 heterocycles. The van der Waals surface area contributed by atoms with Crippen LogP contribution in [0.15, 0.2) is 0 Å². The smallest absolute Gasteiger partial charge is 0.282 e. The highest BCUT2D eigenvalue weighted by molar-refractivity contribution is 7.86. The molecule has 1 aliphatic rings. The Morgan fingerprint density at radius 3 is 2.50 bits per heavy atom. The van der Waals surface area contributed by atoms with Gasteiger partial charge in [-0.25, -0.2) is 0 Å². The zero-order chi connectivity index (χ0) is 13.8. The fourth-order valence-electron chi connectivity index (χ4n) is 1.66. The van der Waals surface area contributed by atoms with E-state index in [1.54, 1.807) is 14.1 Å². The lowest BCUT2D eigenvalue weighted by Crippen LogP contribution is -2.46. The molecule has 0 atom stereocenters. The molecule has 0 unspecified atom stereocenters. The summed E-state index contributed by atoms with van der Waals surface area (Å²) in [7, 11) is 1.12. The third-order valence-electron chi connectivity index (χ3n) is 2.88. The first-order valence-corrected chi connectivity index (χ1v) is 7.37. The first-order chi connectivity index (χ1) is 8.35. The SMILES string of the molecule is CN(C)C(=O)CN(C)S(=O)(=O)N1CCCNCC1. The first-order valence-electron chi connectivity index (χ1n) is 5.98. The monoisotopic (exact) mass is 278 g/mol. The van der Waals surface area contributed by atoms with Crippen LogP contribution < -0.4 is 5.32 Å². The van der Waals surface area contributed by atoms with Gasteiger partial charge in [0.25, 0.3) is 10.2 Å². The average molecular weight is 278 g/mol. The Bertz CT molecular complexity index is 375. The number of rotatable bonds is 4. The van der Waals surface area contributed by atoms with Crippen LogP contribution in [-0.4, -0.2) is 81.7 Å². The van der Waals surface area contributed by atoms with Crippen LogP contribution in [0, 0.1) is 0 Å². The molecule has 1 fully saturated rings. The van der Waals surface area contributed by atoms with Crippen LogP contribution in [0.2, 0.25) is 0 Å².